The molecular weight excluding hydrogens is 318 g/mol. The Morgan fingerprint density at radius 3 is 2.78 bits per heavy atom. The first kappa shape index (κ1) is 15.9. The van der Waals surface area contributed by atoms with E-state index in [-0.39, 0.29) is 18.7 Å². The van der Waals surface area contributed by atoms with Crippen LogP contribution in [0, 0.1) is 0 Å². The number of hydrogen-bond acceptors (Lipinski definition) is 3. The molecule has 2 atom stereocenters. The van der Waals surface area contributed by atoms with Crippen LogP contribution >= 0.6 is 27.5 Å². The Kier molecular flexibility index (Phi) is 7.19. The number of ether oxygens (including phenoxy) is 1. The highest BCUT2D eigenvalue weighted by atomic mass is 79.9. The second kappa shape index (κ2) is 8.12. The maximum absolute atomic E-state index is 9.01. The Hall–Kier alpha value is -0.130. The zero-order valence-electron chi connectivity index (χ0n) is 10.6. The van der Waals surface area contributed by atoms with Crippen LogP contribution in [0.1, 0.15) is 24.9 Å². The lowest BCUT2D eigenvalue weighted by atomic mass is 10.1. The lowest BCUT2D eigenvalue weighted by molar-refractivity contribution is 0.143. The quantitative estimate of drug-likeness (QED) is 0.804. The monoisotopic (exact) mass is 335 g/mol. The largest absolute Gasteiger partial charge is 0.396 e. The first-order valence-electron chi connectivity index (χ1n) is 5.89. The van der Waals surface area contributed by atoms with Gasteiger partial charge in [0.15, 0.2) is 0 Å². The molecule has 18 heavy (non-hydrogen) atoms. The third kappa shape index (κ3) is 4.86. The van der Waals surface area contributed by atoms with Gasteiger partial charge in [0.1, 0.15) is 0 Å². The Labute approximate surface area is 122 Å². The van der Waals surface area contributed by atoms with Crippen molar-refractivity contribution in [2.75, 3.05) is 20.3 Å². The van der Waals surface area contributed by atoms with Gasteiger partial charge in [0, 0.05) is 35.3 Å². The number of nitrogens with one attached hydrogen (secondary N) is 1. The molecule has 0 aliphatic carbocycles. The zero-order valence-corrected chi connectivity index (χ0v) is 13.0. The second-order valence-electron chi connectivity index (χ2n) is 4.22. The molecule has 1 rings (SSSR count). The molecule has 1 aromatic rings. The molecule has 102 valence electrons. The predicted molar refractivity (Wildman–Crippen MR) is 78.1 cm³/mol. The molecule has 0 spiro atoms. The van der Waals surface area contributed by atoms with E-state index in [9.17, 15) is 0 Å². The van der Waals surface area contributed by atoms with E-state index < -0.39 is 0 Å². The molecule has 1 aromatic carbocycles. The van der Waals surface area contributed by atoms with E-state index in [4.69, 9.17) is 21.4 Å². The Morgan fingerprint density at radius 2 is 2.22 bits per heavy atom. The standard InChI is InChI=1S/C13H19BrClNO2/c1-9(16-11(5-6-17)8-18-2)12-4-3-10(14)7-13(12)15/h3-4,7,9,11,16-17H,5-6,8H2,1-2H3. The van der Waals surface area contributed by atoms with Crippen LogP contribution in [0.2, 0.25) is 5.02 Å². The fraction of sp³-hybridized carbons (Fsp3) is 0.538. The summed E-state index contributed by atoms with van der Waals surface area (Å²) < 4.78 is 6.09. The molecule has 0 radical (unpaired) electrons. The molecule has 0 bridgehead atoms. The summed E-state index contributed by atoms with van der Waals surface area (Å²) in [6, 6.07) is 6.07. The van der Waals surface area contributed by atoms with Crippen molar-refractivity contribution in [3.63, 3.8) is 0 Å². The number of halogens is 2. The summed E-state index contributed by atoms with van der Waals surface area (Å²) in [4.78, 5) is 0. The highest BCUT2D eigenvalue weighted by Gasteiger charge is 2.15. The molecule has 0 amide bonds. The van der Waals surface area contributed by atoms with Gasteiger partial charge >= 0.3 is 0 Å². The number of aliphatic hydroxyl groups is 1. The summed E-state index contributed by atoms with van der Waals surface area (Å²) in [5.41, 5.74) is 1.04. The molecule has 2 N–H and O–H groups in total. The van der Waals surface area contributed by atoms with Gasteiger partial charge in [-0.05, 0) is 31.0 Å². The van der Waals surface area contributed by atoms with Crippen molar-refractivity contribution in [3.8, 4) is 0 Å². The van der Waals surface area contributed by atoms with Gasteiger partial charge in [-0.1, -0.05) is 33.6 Å². The second-order valence-corrected chi connectivity index (χ2v) is 5.54. The minimum Gasteiger partial charge on any atom is -0.396 e. The third-order valence-electron chi connectivity index (χ3n) is 2.76. The molecule has 0 fully saturated rings. The van der Waals surface area contributed by atoms with Crippen LogP contribution < -0.4 is 5.32 Å². The number of rotatable bonds is 7. The van der Waals surface area contributed by atoms with Gasteiger partial charge in [0.2, 0.25) is 0 Å². The third-order valence-corrected chi connectivity index (χ3v) is 3.58. The molecule has 0 aliphatic heterocycles. The smallest absolute Gasteiger partial charge is 0.0616 e. The van der Waals surface area contributed by atoms with Crippen LogP contribution in [0.25, 0.3) is 0 Å². The van der Waals surface area contributed by atoms with Crippen molar-refractivity contribution in [3.05, 3.63) is 33.3 Å². The Morgan fingerprint density at radius 1 is 1.50 bits per heavy atom. The van der Waals surface area contributed by atoms with E-state index in [1.165, 1.54) is 0 Å². The van der Waals surface area contributed by atoms with Crippen molar-refractivity contribution in [1.82, 2.24) is 5.32 Å². The summed E-state index contributed by atoms with van der Waals surface area (Å²) in [5, 5.41) is 13.1. The molecule has 0 saturated carbocycles. The lowest BCUT2D eigenvalue weighted by Gasteiger charge is -2.23. The molecule has 0 saturated heterocycles. The SMILES string of the molecule is COCC(CCO)NC(C)c1ccc(Br)cc1Cl. The van der Waals surface area contributed by atoms with E-state index in [2.05, 4.69) is 28.2 Å². The van der Waals surface area contributed by atoms with Gasteiger partial charge in [-0.25, -0.2) is 0 Å². The predicted octanol–water partition coefficient (Wildman–Crippen LogP) is 3.15. The minimum atomic E-state index is 0.109. The molecular formula is C13H19BrClNO2. The van der Waals surface area contributed by atoms with Gasteiger partial charge in [0.05, 0.1) is 6.61 Å². The lowest BCUT2D eigenvalue weighted by Crippen LogP contribution is -2.36. The highest BCUT2D eigenvalue weighted by molar-refractivity contribution is 9.10. The van der Waals surface area contributed by atoms with Gasteiger partial charge < -0.3 is 15.2 Å². The number of benzene rings is 1. The van der Waals surface area contributed by atoms with Crippen molar-refractivity contribution >= 4 is 27.5 Å². The fourth-order valence-corrected chi connectivity index (χ4v) is 2.70. The number of methoxy groups -OCH3 is 1. The van der Waals surface area contributed by atoms with Crippen LogP contribution in [-0.4, -0.2) is 31.5 Å². The van der Waals surface area contributed by atoms with Crippen molar-refractivity contribution in [2.24, 2.45) is 0 Å². The van der Waals surface area contributed by atoms with Crippen LogP contribution in [0.15, 0.2) is 22.7 Å². The van der Waals surface area contributed by atoms with Crippen LogP contribution in [0.4, 0.5) is 0 Å². The van der Waals surface area contributed by atoms with Crippen molar-refractivity contribution in [1.29, 1.82) is 0 Å². The summed E-state index contributed by atoms with van der Waals surface area (Å²) in [6.07, 6.45) is 0.659. The molecule has 0 aliphatic rings. The summed E-state index contributed by atoms with van der Waals surface area (Å²) in [6.45, 7) is 2.76. The normalized spacial score (nSPS) is 14.5. The number of aliphatic hydroxyl groups excluding tert-OH is 1. The first-order chi connectivity index (χ1) is 8.58. The summed E-state index contributed by atoms with van der Waals surface area (Å²) in [5.74, 6) is 0. The molecule has 5 heteroatoms. The molecule has 3 nitrogen and oxygen atoms in total. The topological polar surface area (TPSA) is 41.5 Å². The highest BCUT2D eigenvalue weighted by Crippen LogP contribution is 2.26. The number of hydrogen-bond donors (Lipinski definition) is 2. The van der Waals surface area contributed by atoms with Gasteiger partial charge in [-0.2, -0.15) is 0 Å². The van der Waals surface area contributed by atoms with Crippen molar-refractivity contribution in [2.45, 2.75) is 25.4 Å². The van der Waals surface area contributed by atoms with Gasteiger partial charge in [-0.15, -0.1) is 0 Å². The van der Waals surface area contributed by atoms with E-state index in [0.717, 1.165) is 15.1 Å². The zero-order chi connectivity index (χ0) is 13.5. The minimum absolute atomic E-state index is 0.109. The molecule has 0 heterocycles. The summed E-state index contributed by atoms with van der Waals surface area (Å²) in [7, 11) is 1.66. The van der Waals surface area contributed by atoms with Gasteiger partial charge in [-0.3, -0.25) is 0 Å². The van der Waals surface area contributed by atoms with Crippen LogP contribution in [0.5, 0.6) is 0 Å². The van der Waals surface area contributed by atoms with E-state index in [1.807, 2.05) is 18.2 Å². The maximum atomic E-state index is 9.01. The first-order valence-corrected chi connectivity index (χ1v) is 7.06. The molecule has 0 aromatic heterocycles. The van der Waals surface area contributed by atoms with E-state index in [1.54, 1.807) is 7.11 Å². The average molecular weight is 337 g/mol. The van der Waals surface area contributed by atoms with E-state index in [0.29, 0.717) is 13.0 Å². The van der Waals surface area contributed by atoms with Gasteiger partial charge in [0.25, 0.3) is 0 Å². The Bertz CT molecular complexity index is 370. The van der Waals surface area contributed by atoms with E-state index >= 15 is 0 Å². The summed E-state index contributed by atoms with van der Waals surface area (Å²) >= 11 is 9.60. The maximum Gasteiger partial charge on any atom is 0.0616 e. The van der Waals surface area contributed by atoms with Crippen LogP contribution in [0.3, 0.4) is 0 Å². The van der Waals surface area contributed by atoms with Crippen LogP contribution in [-0.2, 0) is 4.74 Å². The fourth-order valence-electron chi connectivity index (χ4n) is 1.87. The Balaban J connectivity index is 2.70. The average Bonchev–Trinajstić information content (AvgIpc) is 2.29. The molecule has 2 unspecified atom stereocenters. The van der Waals surface area contributed by atoms with Crippen molar-refractivity contribution < 1.29 is 9.84 Å².